The molecule has 1 aromatic carbocycles. The van der Waals surface area contributed by atoms with E-state index in [1.807, 2.05) is 18.7 Å². The van der Waals surface area contributed by atoms with Gasteiger partial charge in [0.1, 0.15) is 12.1 Å². The lowest BCUT2D eigenvalue weighted by Crippen LogP contribution is -2.46. The maximum absolute atomic E-state index is 11.8. The Morgan fingerprint density at radius 1 is 1.19 bits per heavy atom. The zero-order valence-electron chi connectivity index (χ0n) is 14.8. The first-order valence-electron chi connectivity index (χ1n) is 8.48. The van der Waals surface area contributed by atoms with Crippen LogP contribution in [-0.2, 0) is 4.74 Å². The van der Waals surface area contributed by atoms with E-state index in [0.717, 1.165) is 0 Å². The van der Waals surface area contributed by atoms with E-state index in [2.05, 4.69) is 9.97 Å². The van der Waals surface area contributed by atoms with Crippen LogP contribution in [-0.4, -0.2) is 47.0 Å². The molecular formula is C17H18N4O6. The predicted octanol–water partition coefficient (Wildman–Crippen LogP) is 2.52. The average molecular weight is 374 g/mol. The first-order valence-corrected chi connectivity index (χ1v) is 8.48. The van der Waals surface area contributed by atoms with Crippen molar-refractivity contribution in [2.45, 2.75) is 26.1 Å². The molecule has 2 atom stereocenters. The molecule has 0 amide bonds. The molecule has 10 heteroatoms. The Morgan fingerprint density at radius 2 is 1.93 bits per heavy atom. The van der Waals surface area contributed by atoms with Crippen molar-refractivity contribution in [2.75, 3.05) is 24.8 Å². The van der Waals surface area contributed by atoms with Gasteiger partial charge in [0.25, 0.3) is 0 Å². The molecule has 142 valence electrons. The molecule has 10 nitrogen and oxygen atoms in total. The van der Waals surface area contributed by atoms with Crippen LogP contribution >= 0.6 is 0 Å². The quantitative estimate of drug-likeness (QED) is 0.589. The largest absolute Gasteiger partial charge is 0.454 e. The summed E-state index contributed by atoms with van der Waals surface area (Å²) in [7, 11) is 0. The third-order valence-electron chi connectivity index (χ3n) is 4.23. The molecule has 0 aliphatic carbocycles. The van der Waals surface area contributed by atoms with E-state index < -0.39 is 4.92 Å². The monoisotopic (exact) mass is 374 g/mol. The maximum Gasteiger partial charge on any atom is 0.373 e. The van der Waals surface area contributed by atoms with Crippen molar-refractivity contribution in [1.82, 2.24) is 9.97 Å². The van der Waals surface area contributed by atoms with Crippen LogP contribution in [0.2, 0.25) is 0 Å². The second-order valence-electron chi connectivity index (χ2n) is 6.39. The molecule has 2 aliphatic heterocycles. The summed E-state index contributed by atoms with van der Waals surface area (Å²) in [6, 6.07) is 4.92. The second kappa shape index (κ2) is 6.88. The van der Waals surface area contributed by atoms with Gasteiger partial charge in [-0.2, -0.15) is 4.98 Å². The number of benzene rings is 1. The molecule has 2 aliphatic rings. The zero-order chi connectivity index (χ0) is 19.0. The van der Waals surface area contributed by atoms with E-state index in [1.165, 1.54) is 6.33 Å². The van der Waals surface area contributed by atoms with E-state index in [4.69, 9.17) is 18.9 Å². The number of hydrogen-bond donors (Lipinski definition) is 0. The van der Waals surface area contributed by atoms with E-state index in [1.54, 1.807) is 18.2 Å². The number of fused-ring (bicyclic) bond motifs is 1. The number of anilines is 1. The molecule has 2 aromatic rings. The van der Waals surface area contributed by atoms with Gasteiger partial charge >= 0.3 is 11.6 Å². The standard InChI is InChI=1S/C17H18N4O6/c1-10-6-20(7-11(2)26-10)16-15(21(22)23)17(19-8-18-16)27-12-3-4-13-14(5-12)25-9-24-13/h3-5,8,10-11H,6-7,9H2,1-2H3. The summed E-state index contributed by atoms with van der Waals surface area (Å²) in [4.78, 5) is 21.2. The molecule has 1 saturated heterocycles. The van der Waals surface area contributed by atoms with Gasteiger partial charge < -0.3 is 23.8 Å². The third-order valence-corrected chi connectivity index (χ3v) is 4.23. The summed E-state index contributed by atoms with van der Waals surface area (Å²) >= 11 is 0. The molecule has 0 N–H and O–H groups in total. The summed E-state index contributed by atoms with van der Waals surface area (Å²) in [5, 5.41) is 11.8. The minimum absolute atomic E-state index is 0.0680. The van der Waals surface area contributed by atoms with Crippen molar-refractivity contribution >= 4 is 11.5 Å². The van der Waals surface area contributed by atoms with Crippen LogP contribution in [0.4, 0.5) is 11.5 Å². The molecule has 27 heavy (non-hydrogen) atoms. The Labute approximate surface area is 154 Å². The fourth-order valence-electron chi connectivity index (χ4n) is 3.22. The van der Waals surface area contributed by atoms with Gasteiger partial charge in [-0.1, -0.05) is 0 Å². The lowest BCUT2D eigenvalue weighted by Gasteiger charge is -2.35. The van der Waals surface area contributed by atoms with Crippen LogP contribution in [0, 0.1) is 10.1 Å². The minimum Gasteiger partial charge on any atom is -0.454 e. The summed E-state index contributed by atoms with van der Waals surface area (Å²) in [5.74, 6) is 1.55. The van der Waals surface area contributed by atoms with Crippen LogP contribution in [0.15, 0.2) is 24.5 Å². The zero-order valence-corrected chi connectivity index (χ0v) is 14.8. The lowest BCUT2D eigenvalue weighted by atomic mass is 10.2. The molecule has 3 heterocycles. The van der Waals surface area contributed by atoms with Gasteiger partial charge in [0.15, 0.2) is 11.5 Å². The fraction of sp³-hybridized carbons (Fsp3) is 0.412. The molecular weight excluding hydrogens is 356 g/mol. The highest BCUT2D eigenvalue weighted by Gasteiger charge is 2.33. The van der Waals surface area contributed by atoms with Crippen molar-refractivity contribution in [2.24, 2.45) is 0 Å². The van der Waals surface area contributed by atoms with E-state index in [9.17, 15) is 10.1 Å². The number of morpholine rings is 1. The van der Waals surface area contributed by atoms with Gasteiger partial charge in [0.05, 0.1) is 17.1 Å². The van der Waals surface area contributed by atoms with Crippen molar-refractivity contribution in [3.8, 4) is 23.1 Å². The molecule has 4 rings (SSSR count). The van der Waals surface area contributed by atoms with Crippen molar-refractivity contribution in [3.63, 3.8) is 0 Å². The van der Waals surface area contributed by atoms with E-state index in [0.29, 0.717) is 30.3 Å². The van der Waals surface area contributed by atoms with Crippen LogP contribution in [0.25, 0.3) is 0 Å². The van der Waals surface area contributed by atoms with Gasteiger partial charge in [0.2, 0.25) is 12.6 Å². The number of rotatable bonds is 4. The molecule has 0 radical (unpaired) electrons. The number of aromatic nitrogens is 2. The van der Waals surface area contributed by atoms with Gasteiger partial charge in [-0.3, -0.25) is 10.1 Å². The second-order valence-corrected chi connectivity index (χ2v) is 6.39. The number of ether oxygens (including phenoxy) is 4. The first kappa shape index (κ1) is 17.3. The number of nitro groups is 1. The first-order chi connectivity index (χ1) is 13.0. The Morgan fingerprint density at radius 3 is 2.67 bits per heavy atom. The van der Waals surface area contributed by atoms with Crippen LogP contribution < -0.4 is 19.1 Å². The summed E-state index contributed by atoms with van der Waals surface area (Å²) < 4.78 is 21.9. The highest BCUT2D eigenvalue weighted by molar-refractivity contribution is 5.64. The fourth-order valence-corrected chi connectivity index (χ4v) is 3.22. The minimum atomic E-state index is -0.525. The topological polar surface area (TPSA) is 109 Å². The van der Waals surface area contributed by atoms with Gasteiger partial charge in [-0.25, -0.2) is 4.98 Å². The molecule has 1 fully saturated rings. The molecule has 2 unspecified atom stereocenters. The maximum atomic E-state index is 11.8. The normalized spacial score (nSPS) is 21.2. The van der Waals surface area contributed by atoms with E-state index >= 15 is 0 Å². The van der Waals surface area contributed by atoms with Gasteiger partial charge in [-0.15, -0.1) is 0 Å². The number of nitrogens with zero attached hydrogens (tertiary/aromatic N) is 4. The Balaban J connectivity index is 1.68. The van der Waals surface area contributed by atoms with Crippen LogP contribution in [0.5, 0.6) is 23.1 Å². The van der Waals surface area contributed by atoms with Crippen LogP contribution in [0.1, 0.15) is 13.8 Å². The SMILES string of the molecule is CC1CN(c2ncnc(Oc3ccc4c(c3)OCO4)c2[N+](=O)[O-])CC(C)O1. The average Bonchev–Trinajstić information content (AvgIpc) is 3.08. The van der Waals surface area contributed by atoms with E-state index in [-0.39, 0.29) is 36.4 Å². The molecule has 0 bridgehead atoms. The van der Waals surface area contributed by atoms with Gasteiger partial charge in [0, 0.05) is 19.2 Å². The van der Waals surface area contributed by atoms with Crippen molar-refractivity contribution < 1.29 is 23.9 Å². The third kappa shape index (κ3) is 3.43. The molecule has 0 spiro atoms. The Hall–Kier alpha value is -3.14. The van der Waals surface area contributed by atoms with Crippen molar-refractivity contribution in [3.05, 3.63) is 34.6 Å². The van der Waals surface area contributed by atoms with Crippen LogP contribution in [0.3, 0.4) is 0 Å². The summed E-state index contributed by atoms with van der Waals surface area (Å²) in [6.07, 6.45) is 1.12. The predicted molar refractivity (Wildman–Crippen MR) is 93.5 cm³/mol. The molecule has 1 aromatic heterocycles. The number of hydrogen-bond acceptors (Lipinski definition) is 9. The lowest BCUT2D eigenvalue weighted by molar-refractivity contribution is -0.385. The van der Waals surface area contributed by atoms with Gasteiger partial charge in [-0.05, 0) is 26.0 Å². The summed E-state index contributed by atoms with van der Waals surface area (Å²) in [5.41, 5.74) is -0.281. The Kier molecular flexibility index (Phi) is 4.40. The highest BCUT2D eigenvalue weighted by Crippen LogP contribution is 2.40. The smallest absolute Gasteiger partial charge is 0.373 e. The summed E-state index contributed by atoms with van der Waals surface area (Å²) in [6.45, 7) is 4.95. The molecule has 0 saturated carbocycles. The van der Waals surface area contributed by atoms with Crippen molar-refractivity contribution in [1.29, 1.82) is 0 Å². The highest BCUT2D eigenvalue weighted by atomic mass is 16.7. The Bertz CT molecular complexity index is 866.